The van der Waals surface area contributed by atoms with Crippen LogP contribution in [0, 0.1) is 6.92 Å². The monoisotopic (exact) mass is 292 g/mol. The van der Waals surface area contributed by atoms with Gasteiger partial charge in [-0.15, -0.1) is 0 Å². The molecule has 0 atom stereocenters. The Morgan fingerprint density at radius 3 is 2.20 bits per heavy atom. The Bertz CT molecular complexity index is 695. The Hall–Kier alpha value is -1.83. The second-order valence-electron chi connectivity index (χ2n) is 4.26. The minimum absolute atomic E-state index is 0.00494. The Balaban J connectivity index is 2.36. The van der Waals surface area contributed by atoms with Gasteiger partial charge in [-0.3, -0.25) is 0 Å². The zero-order chi connectivity index (χ0) is 14.8. The van der Waals surface area contributed by atoms with Crippen LogP contribution in [-0.4, -0.2) is 25.6 Å². The molecule has 0 aliphatic rings. The van der Waals surface area contributed by atoms with Gasteiger partial charge in [0.05, 0.1) is 0 Å². The van der Waals surface area contributed by atoms with Gasteiger partial charge in [-0.25, -0.2) is 0 Å². The second kappa shape index (κ2) is 5.66. The van der Waals surface area contributed by atoms with E-state index in [0.717, 1.165) is 5.56 Å². The molecule has 0 spiro atoms. The van der Waals surface area contributed by atoms with Crippen molar-refractivity contribution in [1.29, 1.82) is 0 Å². The second-order valence-corrected chi connectivity index (χ2v) is 5.81. The highest BCUT2D eigenvalue weighted by molar-refractivity contribution is 7.87. The van der Waals surface area contributed by atoms with Crippen molar-refractivity contribution in [2.75, 3.05) is 0 Å². The molecule has 5 nitrogen and oxygen atoms in total. The van der Waals surface area contributed by atoms with Crippen LogP contribution in [0.2, 0.25) is 0 Å². The summed E-state index contributed by atoms with van der Waals surface area (Å²) in [5.74, 6) is -0.108. The number of hydrogen-bond acceptors (Lipinski definition) is 5. The SMILES string of the molecule is Cc1ccc(S(=O)(=O)Oc2ccccc2B(O)O)cc1. The van der Waals surface area contributed by atoms with E-state index in [1.807, 2.05) is 6.92 Å². The minimum atomic E-state index is -4.01. The van der Waals surface area contributed by atoms with Gasteiger partial charge < -0.3 is 14.2 Å². The van der Waals surface area contributed by atoms with E-state index < -0.39 is 17.2 Å². The molecule has 0 aliphatic carbocycles. The van der Waals surface area contributed by atoms with Crippen LogP contribution in [0.5, 0.6) is 5.75 Å². The third-order valence-corrected chi connectivity index (χ3v) is 3.95. The molecule has 2 aromatic carbocycles. The normalized spacial score (nSPS) is 11.2. The van der Waals surface area contributed by atoms with Crippen LogP contribution >= 0.6 is 0 Å². The third-order valence-electron chi connectivity index (χ3n) is 2.71. The van der Waals surface area contributed by atoms with Crippen molar-refractivity contribution in [2.45, 2.75) is 11.8 Å². The van der Waals surface area contributed by atoms with Crippen molar-refractivity contribution in [3.05, 3.63) is 54.1 Å². The fraction of sp³-hybridized carbons (Fsp3) is 0.0769. The lowest BCUT2D eigenvalue weighted by Gasteiger charge is -2.11. The molecule has 0 bridgehead atoms. The van der Waals surface area contributed by atoms with Gasteiger partial charge in [0.1, 0.15) is 10.6 Å². The van der Waals surface area contributed by atoms with Crippen LogP contribution in [0.25, 0.3) is 0 Å². The summed E-state index contributed by atoms with van der Waals surface area (Å²) >= 11 is 0. The quantitative estimate of drug-likeness (QED) is 0.631. The van der Waals surface area contributed by atoms with E-state index in [0.29, 0.717) is 0 Å². The molecule has 20 heavy (non-hydrogen) atoms. The molecule has 0 heterocycles. The number of aryl methyl sites for hydroxylation is 1. The highest BCUT2D eigenvalue weighted by atomic mass is 32.2. The van der Waals surface area contributed by atoms with Crippen LogP contribution in [0.15, 0.2) is 53.4 Å². The van der Waals surface area contributed by atoms with Crippen LogP contribution in [-0.2, 0) is 10.1 Å². The molecule has 0 saturated carbocycles. The van der Waals surface area contributed by atoms with Crippen LogP contribution in [0.1, 0.15) is 5.56 Å². The van der Waals surface area contributed by atoms with Crippen molar-refractivity contribution in [3.8, 4) is 5.75 Å². The fourth-order valence-electron chi connectivity index (χ4n) is 1.64. The lowest BCUT2D eigenvalue weighted by Crippen LogP contribution is -2.32. The lowest BCUT2D eigenvalue weighted by atomic mass is 9.80. The fourth-order valence-corrected chi connectivity index (χ4v) is 2.59. The van der Waals surface area contributed by atoms with Crippen molar-refractivity contribution in [1.82, 2.24) is 0 Å². The Morgan fingerprint density at radius 2 is 1.60 bits per heavy atom. The standard InChI is InChI=1S/C13H13BO5S/c1-10-6-8-11(9-7-10)20(17,18)19-13-5-3-2-4-12(13)14(15)16/h2-9,15-16H,1H3. The summed E-state index contributed by atoms with van der Waals surface area (Å²) in [6.45, 7) is 1.84. The molecule has 0 fully saturated rings. The van der Waals surface area contributed by atoms with E-state index in [4.69, 9.17) is 4.18 Å². The zero-order valence-corrected chi connectivity index (χ0v) is 11.5. The molecule has 0 amide bonds. The van der Waals surface area contributed by atoms with Crippen molar-refractivity contribution >= 4 is 22.7 Å². The molecule has 7 heteroatoms. The number of hydrogen-bond donors (Lipinski definition) is 2. The van der Waals surface area contributed by atoms with E-state index in [-0.39, 0.29) is 16.1 Å². The van der Waals surface area contributed by atoms with E-state index in [1.54, 1.807) is 24.3 Å². The first kappa shape index (κ1) is 14.6. The van der Waals surface area contributed by atoms with Crippen LogP contribution < -0.4 is 9.65 Å². The summed E-state index contributed by atoms with van der Waals surface area (Å²) in [5, 5.41) is 18.4. The third kappa shape index (κ3) is 3.19. The molecule has 0 aromatic heterocycles. The highest BCUT2D eigenvalue weighted by Crippen LogP contribution is 2.17. The molecule has 0 unspecified atom stereocenters. The summed E-state index contributed by atoms with van der Waals surface area (Å²) in [4.78, 5) is 0.00494. The molecular weight excluding hydrogens is 279 g/mol. The van der Waals surface area contributed by atoms with E-state index in [9.17, 15) is 18.5 Å². The van der Waals surface area contributed by atoms with Crippen LogP contribution in [0.4, 0.5) is 0 Å². The Labute approximate surface area is 117 Å². The topological polar surface area (TPSA) is 83.8 Å². The first-order chi connectivity index (χ1) is 9.40. The number of rotatable bonds is 4. The smallest absolute Gasteiger partial charge is 0.423 e. The molecule has 2 aromatic rings. The number of benzene rings is 2. The first-order valence-electron chi connectivity index (χ1n) is 5.86. The van der Waals surface area contributed by atoms with Gasteiger partial charge in [0.25, 0.3) is 0 Å². The van der Waals surface area contributed by atoms with Gasteiger partial charge in [-0.1, -0.05) is 35.9 Å². The molecule has 0 saturated heterocycles. The maximum atomic E-state index is 12.1. The maximum Gasteiger partial charge on any atom is 0.492 e. The Kier molecular flexibility index (Phi) is 4.13. The van der Waals surface area contributed by atoms with E-state index >= 15 is 0 Å². The largest absolute Gasteiger partial charge is 0.492 e. The average molecular weight is 292 g/mol. The van der Waals surface area contributed by atoms with Gasteiger partial charge in [0.2, 0.25) is 0 Å². The van der Waals surface area contributed by atoms with Gasteiger partial charge in [0.15, 0.2) is 0 Å². The summed E-state index contributed by atoms with van der Waals surface area (Å²) < 4.78 is 29.2. The van der Waals surface area contributed by atoms with E-state index in [2.05, 4.69) is 0 Å². The predicted octanol–water partition coefficient (Wildman–Crippen LogP) is 0.443. The van der Waals surface area contributed by atoms with Gasteiger partial charge in [0, 0.05) is 5.46 Å². The molecule has 0 aliphatic heterocycles. The average Bonchev–Trinajstić information content (AvgIpc) is 2.39. The maximum absolute atomic E-state index is 12.1. The predicted molar refractivity (Wildman–Crippen MR) is 75.3 cm³/mol. The molecule has 104 valence electrons. The molecule has 0 radical (unpaired) electrons. The number of para-hydroxylation sites is 1. The van der Waals surface area contributed by atoms with Crippen molar-refractivity contribution in [3.63, 3.8) is 0 Å². The highest BCUT2D eigenvalue weighted by Gasteiger charge is 2.22. The lowest BCUT2D eigenvalue weighted by molar-refractivity contribution is 0.423. The molecule has 2 rings (SSSR count). The molecule has 2 N–H and O–H groups in total. The summed E-state index contributed by atoms with van der Waals surface area (Å²) in [5.41, 5.74) is 0.915. The van der Waals surface area contributed by atoms with Gasteiger partial charge in [-0.05, 0) is 25.1 Å². The summed E-state index contributed by atoms with van der Waals surface area (Å²) in [7, 11) is -5.81. The van der Waals surface area contributed by atoms with E-state index in [1.165, 1.54) is 24.3 Å². The minimum Gasteiger partial charge on any atom is -0.423 e. The van der Waals surface area contributed by atoms with Gasteiger partial charge in [-0.2, -0.15) is 8.42 Å². The summed E-state index contributed by atoms with van der Waals surface area (Å²) in [6, 6.07) is 12.0. The van der Waals surface area contributed by atoms with Crippen molar-refractivity contribution < 1.29 is 22.6 Å². The molecular formula is C13H13BO5S. The first-order valence-corrected chi connectivity index (χ1v) is 7.27. The Morgan fingerprint density at radius 1 is 1.00 bits per heavy atom. The van der Waals surface area contributed by atoms with Crippen molar-refractivity contribution in [2.24, 2.45) is 0 Å². The zero-order valence-electron chi connectivity index (χ0n) is 10.7. The van der Waals surface area contributed by atoms with Gasteiger partial charge >= 0.3 is 17.2 Å². The summed E-state index contributed by atoms with van der Waals surface area (Å²) in [6.07, 6.45) is 0. The van der Waals surface area contributed by atoms with Crippen LogP contribution in [0.3, 0.4) is 0 Å².